The van der Waals surface area contributed by atoms with E-state index >= 15 is 0 Å². The second kappa shape index (κ2) is 5.32. The van der Waals surface area contributed by atoms with E-state index in [0.717, 1.165) is 30.0 Å². The highest BCUT2D eigenvalue weighted by Gasteiger charge is 2.28. The number of para-hydroxylation sites is 1. The summed E-state index contributed by atoms with van der Waals surface area (Å²) >= 11 is 0. The molecule has 2 unspecified atom stereocenters. The lowest BCUT2D eigenvalue weighted by atomic mass is 10.1. The Kier molecular flexibility index (Phi) is 3.53. The summed E-state index contributed by atoms with van der Waals surface area (Å²) in [6.45, 7) is 7.05. The van der Waals surface area contributed by atoms with Gasteiger partial charge in [-0.3, -0.25) is 4.79 Å². The number of anilines is 2. The van der Waals surface area contributed by atoms with Crippen molar-refractivity contribution in [2.75, 3.05) is 36.8 Å². The summed E-state index contributed by atoms with van der Waals surface area (Å²) in [6.07, 6.45) is 0.182. The number of fused-ring (bicyclic) bond motifs is 1. The minimum absolute atomic E-state index is 0.0834. The van der Waals surface area contributed by atoms with Gasteiger partial charge >= 0.3 is 0 Å². The molecule has 2 aliphatic heterocycles. The van der Waals surface area contributed by atoms with Crippen LogP contribution in [0.3, 0.4) is 0 Å². The molecule has 2 heterocycles. The number of carbonyl (C=O) groups is 1. The molecular weight excluding hydrogens is 254 g/mol. The van der Waals surface area contributed by atoms with Gasteiger partial charge in [0, 0.05) is 26.2 Å². The van der Waals surface area contributed by atoms with Gasteiger partial charge in [-0.15, -0.1) is 0 Å². The molecule has 2 aliphatic rings. The van der Waals surface area contributed by atoms with Crippen LogP contribution in [0.1, 0.15) is 24.2 Å². The van der Waals surface area contributed by atoms with Crippen LogP contribution in [-0.4, -0.2) is 49.2 Å². The third-order valence-electron chi connectivity index (χ3n) is 3.74. The summed E-state index contributed by atoms with van der Waals surface area (Å²) in [6, 6.07) is 5.83. The normalized spacial score (nSPS) is 25.4. The first-order chi connectivity index (χ1) is 9.65. The Morgan fingerprint density at radius 1 is 1.20 bits per heavy atom. The van der Waals surface area contributed by atoms with E-state index in [4.69, 9.17) is 4.74 Å². The molecule has 0 bridgehead atoms. The maximum absolute atomic E-state index is 12.8. The van der Waals surface area contributed by atoms with Crippen molar-refractivity contribution in [1.82, 2.24) is 4.90 Å². The predicted octanol–water partition coefficient (Wildman–Crippen LogP) is 1.77. The zero-order valence-corrected chi connectivity index (χ0v) is 12.0. The van der Waals surface area contributed by atoms with Gasteiger partial charge in [0.25, 0.3) is 5.91 Å². The summed E-state index contributed by atoms with van der Waals surface area (Å²) < 4.78 is 5.69. The van der Waals surface area contributed by atoms with E-state index in [0.29, 0.717) is 13.1 Å². The molecule has 5 nitrogen and oxygen atoms in total. The van der Waals surface area contributed by atoms with E-state index in [1.165, 1.54) is 0 Å². The summed E-state index contributed by atoms with van der Waals surface area (Å²) in [5.41, 5.74) is 2.68. The first-order valence-electron chi connectivity index (χ1n) is 7.20. The van der Waals surface area contributed by atoms with Gasteiger partial charge in [0.1, 0.15) is 0 Å². The summed E-state index contributed by atoms with van der Waals surface area (Å²) in [5, 5.41) is 6.65. The highest BCUT2D eigenvalue weighted by atomic mass is 16.5. The van der Waals surface area contributed by atoms with Gasteiger partial charge in [-0.1, -0.05) is 6.07 Å². The number of ether oxygens (including phenoxy) is 1. The Bertz CT molecular complexity index is 508. The second-order valence-corrected chi connectivity index (χ2v) is 5.55. The van der Waals surface area contributed by atoms with Gasteiger partial charge in [-0.2, -0.15) is 0 Å². The Hall–Kier alpha value is -1.75. The minimum Gasteiger partial charge on any atom is -0.382 e. The van der Waals surface area contributed by atoms with E-state index < -0.39 is 0 Å². The van der Waals surface area contributed by atoms with Crippen molar-refractivity contribution < 1.29 is 9.53 Å². The molecule has 1 aromatic rings. The quantitative estimate of drug-likeness (QED) is 0.820. The monoisotopic (exact) mass is 275 g/mol. The standard InChI is InChI=1S/C15H21N3O2/c1-10-8-18(9-11(2)20-10)15(19)12-4-3-5-13-14(12)17-7-6-16-13/h3-5,10-11,16-17H,6-9H2,1-2H3. The average molecular weight is 275 g/mol. The highest BCUT2D eigenvalue weighted by molar-refractivity contribution is 6.02. The van der Waals surface area contributed by atoms with Crippen molar-refractivity contribution in [1.29, 1.82) is 0 Å². The number of hydrogen-bond acceptors (Lipinski definition) is 4. The zero-order valence-electron chi connectivity index (χ0n) is 12.0. The molecule has 5 heteroatoms. The maximum atomic E-state index is 12.8. The smallest absolute Gasteiger partial charge is 0.256 e. The third kappa shape index (κ3) is 2.45. The fourth-order valence-electron chi connectivity index (χ4n) is 2.97. The van der Waals surface area contributed by atoms with E-state index in [-0.39, 0.29) is 18.1 Å². The van der Waals surface area contributed by atoms with Crippen molar-refractivity contribution in [3.8, 4) is 0 Å². The molecule has 0 aliphatic carbocycles. The van der Waals surface area contributed by atoms with E-state index in [1.54, 1.807) is 0 Å². The molecule has 1 aromatic carbocycles. The van der Waals surface area contributed by atoms with Crippen molar-refractivity contribution >= 4 is 17.3 Å². The summed E-state index contributed by atoms with van der Waals surface area (Å²) in [5.74, 6) is 0.0834. The molecule has 0 spiro atoms. The minimum atomic E-state index is 0.0834. The fourth-order valence-corrected chi connectivity index (χ4v) is 2.97. The van der Waals surface area contributed by atoms with Crippen LogP contribution < -0.4 is 10.6 Å². The third-order valence-corrected chi connectivity index (χ3v) is 3.74. The van der Waals surface area contributed by atoms with Gasteiger partial charge in [0.05, 0.1) is 29.1 Å². The number of nitrogens with one attached hydrogen (secondary N) is 2. The molecule has 0 saturated carbocycles. The van der Waals surface area contributed by atoms with E-state index in [1.807, 2.05) is 36.9 Å². The topological polar surface area (TPSA) is 53.6 Å². The molecule has 1 saturated heterocycles. The van der Waals surface area contributed by atoms with Crippen molar-refractivity contribution in [3.05, 3.63) is 23.8 Å². The van der Waals surface area contributed by atoms with Crippen LogP contribution in [0.2, 0.25) is 0 Å². The SMILES string of the molecule is CC1CN(C(=O)c2cccc3c2NCCN3)CC(C)O1. The Morgan fingerprint density at radius 3 is 2.65 bits per heavy atom. The van der Waals surface area contributed by atoms with Crippen LogP contribution in [0.4, 0.5) is 11.4 Å². The molecule has 0 radical (unpaired) electrons. The molecule has 1 amide bonds. The number of rotatable bonds is 1. The van der Waals surface area contributed by atoms with Crippen LogP contribution in [0.15, 0.2) is 18.2 Å². The number of hydrogen-bond donors (Lipinski definition) is 2. The van der Waals surface area contributed by atoms with Gasteiger partial charge in [0.2, 0.25) is 0 Å². The molecule has 3 rings (SSSR count). The molecule has 2 atom stereocenters. The number of benzene rings is 1. The Morgan fingerprint density at radius 2 is 1.90 bits per heavy atom. The van der Waals surface area contributed by atoms with E-state index in [9.17, 15) is 4.79 Å². The lowest BCUT2D eigenvalue weighted by Gasteiger charge is -2.36. The first-order valence-corrected chi connectivity index (χ1v) is 7.20. The van der Waals surface area contributed by atoms with Gasteiger partial charge in [-0.05, 0) is 26.0 Å². The maximum Gasteiger partial charge on any atom is 0.256 e. The van der Waals surface area contributed by atoms with Crippen molar-refractivity contribution in [2.24, 2.45) is 0 Å². The predicted molar refractivity (Wildman–Crippen MR) is 79.3 cm³/mol. The van der Waals surface area contributed by atoms with Gasteiger partial charge < -0.3 is 20.3 Å². The Balaban J connectivity index is 1.87. The summed E-state index contributed by atoms with van der Waals surface area (Å²) in [4.78, 5) is 14.7. The molecule has 0 aromatic heterocycles. The van der Waals surface area contributed by atoms with E-state index in [2.05, 4.69) is 10.6 Å². The lowest BCUT2D eigenvalue weighted by Crippen LogP contribution is -2.48. The fraction of sp³-hybridized carbons (Fsp3) is 0.533. The van der Waals surface area contributed by atoms with Gasteiger partial charge in [0.15, 0.2) is 0 Å². The largest absolute Gasteiger partial charge is 0.382 e. The van der Waals surface area contributed by atoms with Gasteiger partial charge in [-0.25, -0.2) is 0 Å². The zero-order chi connectivity index (χ0) is 14.1. The average Bonchev–Trinajstić information content (AvgIpc) is 2.45. The summed E-state index contributed by atoms with van der Waals surface area (Å²) in [7, 11) is 0. The van der Waals surface area contributed by atoms with Crippen LogP contribution >= 0.6 is 0 Å². The van der Waals surface area contributed by atoms with Crippen LogP contribution in [-0.2, 0) is 4.74 Å². The van der Waals surface area contributed by atoms with Crippen molar-refractivity contribution in [3.63, 3.8) is 0 Å². The van der Waals surface area contributed by atoms with Crippen LogP contribution in [0, 0.1) is 0 Å². The number of carbonyl (C=O) groups excluding carboxylic acids is 1. The molecular formula is C15H21N3O2. The van der Waals surface area contributed by atoms with Crippen LogP contribution in [0.5, 0.6) is 0 Å². The molecule has 108 valence electrons. The number of amides is 1. The Labute approximate surface area is 119 Å². The second-order valence-electron chi connectivity index (χ2n) is 5.55. The molecule has 20 heavy (non-hydrogen) atoms. The molecule has 1 fully saturated rings. The number of morpholine rings is 1. The highest BCUT2D eigenvalue weighted by Crippen LogP contribution is 2.29. The lowest BCUT2D eigenvalue weighted by molar-refractivity contribution is -0.0585. The van der Waals surface area contributed by atoms with Crippen LogP contribution in [0.25, 0.3) is 0 Å². The van der Waals surface area contributed by atoms with Crippen molar-refractivity contribution in [2.45, 2.75) is 26.1 Å². The molecule has 2 N–H and O–H groups in total. The number of nitrogens with zero attached hydrogens (tertiary/aromatic N) is 1. The first kappa shape index (κ1) is 13.2.